The standard InChI is InChI=1S/C55H70N10O7S/c1-33-43-30-57-45(60-51(43)65(40-13-11-12-14-40)53(71)48(33)36(4)66)27-39-21-22-41(29-56-39)62-23-25-63(26-24-62)47(69)16-10-8-9-15-46(68)61-50(55(5,6)7)54(72)64-31-42(67)28-44(64)52(70)59-34(2)37-17-19-38(20-18-37)49-35(3)58-32-73-49/h17-22,29-30,32,34,40,42,44,50,67H,8-16,23-28,31H2,1-7H3,(H,59,70)(H,61,68)/t34-,42+,44-,50+/m0/s1. The summed E-state index contributed by atoms with van der Waals surface area (Å²) in [4.78, 5) is 106. The molecule has 3 N–H and O–H groups in total. The fourth-order valence-electron chi connectivity index (χ4n) is 10.6. The Labute approximate surface area is 431 Å². The van der Waals surface area contributed by atoms with Gasteiger partial charge in [0, 0.05) is 75.3 Å². The summed E-state index contributed by atoms with van der Waals surface area (Å²) in [5.74, 6) is -0.663. The molecule has 17 nitrogen and oxygen atoms in total. The Kier molecular flexibility index (Phi) is 16.5. The number of anilines is 1. The van der Waals surface area contributed by atoms with Gasteiger partial charge >= 0.3 is 0 Å². The Bertz CT molecular complexity index is 2880. The SMILES string of the molecule is CC(=O)c1c(C)c2cnc(Cc3ccc(N4CCN(C(=O)CCCCCC(=O)N[C@H](C(=O)N5C[C@H](O)C[C@H]5C(=O)N[C@@H](C)c5ccc(-c6scnc6C)cc5)C(C)(C)C)CC4)cn3)nc2n(C2CCCC2)c1=O. The molecule has 388 valence electrons. The minimum atomic E-state index is -0.919. The van der Waals surface area contributed by atoms with Crippen molar-refractivity contribution in [1.82, 2.24) is 44.9 Å². The highest BCUT2D eigenvalue weighted by molar-refractivity contribution is 7.13. The number of Topliss-reactive ketones (excluding diaryl/α,β-unsaturated/α-hetero) is 1. The quantitative estimate of drug-likeness (QED) is 0.0648. The van der Waals surface area contributed by atoms with E-state index in [4.69, 9.17) is 9.97 Å². The predicted octanol–water partition coefficient (Wildman–Crippen LogP) is 6.80. The molecule has 5 aromatic rings. The summed E-state index contributed by atoms with van der Waals surface area (Å²) in [6, 6.07) is 9.78. The van der Waals surface area contributed by atoms with Crippen LogP contribution in [-0.2, 0) is 25.6 Å². The van der Waals surface area contributed by atoms with Gasteiger partial charge < -0.3 is 30.4 Å². The number of amides is 4. The molecular weight excluding hydrogens is 945 g/mol. The van der Waals surface area contributed by atoms with Crippen molar-refractivity contribution in [3.05, 3.63) is 98.6 Å². The number of unbranched alkanes of at least 4 members (excludes halogenated alkanes) is 2. The predicted molar refractivity (Wildman–Crippen MR) is 281 cm³/mol. The van der Waals surface area contributed by atoms with Crippen LogP contribution in [-0.4, -0.2) is 120 Å². The molecule has 0 spiro atoms. The number of thiazole rings is 1. The summed E-state index contributed by atoms with van der Waals surface area (Å²) >= 11 is 1.57. The maximum Gasteiger partial charge on any atom is 0.263 e. The molecule has 1 saturated carbocycles. The Morgan fingerprint density at radius 2 is 1.59 bits per heavy atom. The topological polar surface area (TPSA) is 213 Å². The molecular formula is C55H70N10O7S. The molecule has 0 unspecified atom stereocenters. The highest BCUT2D eigenvalue weighted by atomic mass is 32.1. The zero-order valence-corrected chi connectivity index (χ0v) is 44.1. The maximum absolute atomic E-state index is 14.2. The number of nitrogens with zero attached hydrogens (tertiary/aromatic N) is 8. The van der Waals surface area contributed by atoms with Crippen LogP contribution in [0.1, 0.15) is 150 Å². The molecule has 1 aliphatic carbocycles. The molecule has 8 rings (SSSR count). The maximum atomic E-state index is 14.2. The zero-order valence-electron chi connectivity index (χ0n) is 43.3. The van der Waals surface area contributed by atoms with Gasteiger partial charge in [0.1, 0.15) is 23.6 Å². The number of fused-ring (bicyclic) bond motifs is 1. The molecule has 0 radical (unpaired) electrons. The molecule has 3 aliphatic rings. The molecule has 18 heteroatoms. The first-order valence-corrected chi connectivity index (χ1v) is 26.7. The van der Waals surface area contributed by atoms with E-state index in [9.17, 15) is 33.9 Å². The van der Waals surface area contributed by atoms with Crippen molar-refractivity contribution in [2.75, 3.05) is 37.6 Å². The number of pyridine rings is 2. The van der Waals surface area contributed by atoms with Crippen molar-refractivity contribution in [3.63, 3.8) is 0 Å². The van der Waals surface area contributed by atoms with E-state index in [2.05, 4.69) is 25.5 Å². The van der Waals surface area contributed by atoms with Gasteiger partial charge in [-0.15, -0.1) is 11.3 Å². The smallest absolute Gasteiger partial charge is 0.263 e. The third kappa shape index (κ3) is 12.2. The van der Waals surface area contributed by atoms with Gasteiger partial charge in [-0.3, -0.25) is 38.3 Å². The molecule has 6 heterocycles. The second-order valence-electron chi connectivity index (χ2n) is 21.2. The minimum Gasteiger partial charge on any atom is -0.391 e. The average Bonchev–Trinajstić information content (AvgIpc) is 4.15. The van der Waals surface area contributed by atoms with E-state index in [1.165, 1.54) is 11.8 Å². The van der Waals surface area contributed by atoms with Crippen molar-refractivity contribution in [1.29, 1.82) is 0 Å². The van der Waals surface area contributed by atoms with Crippen LogP contribution in [0.15, 0.2) is 59.1 Å². The summed E-state index contributed by atoms with van der Waals surface area (Å²) < 4.78 is 1.73. The van der Waals surface area contributed by atoms with Crippen molar-refractivity contribution in [3.8, 4) is 10.4 Å². The van der Waals surface area contributed by atoms with Crippen LogP contribution in [0.2, 0.25) is 0 Å². The summed E-state index contributed by atoms with van der Waals surface area (Å²) in [5.41, 5.74) is 6.93. The number of β-amino-alcohol motifs (C(OH)–C–C–N with tert-alkyl or cyclic N) is 1. The van der Waals surface area contributed by atoms with Gasteiger partial charge in [-0.05, 0) is 87.6 Å². The molecule has 73 heavy (non-hydrogen) atoms. The normalized spacial score (nSPS) is 18.3. The fourth-order valence-corrected chi connectivity index (χ4v) is 11.4. The number of likely N-dealkylation sites (tertiary alicyclic amines) is 1. The van der Waals surface area contributed by atoms with Gasteiger partial charge in [0.2, 0.25) is 23.6 Å². The van der Waals surface area contributed by atoms with Crippen molar-refractivity contribution < 1.29 is 29.1 Å². The third-order valence-electron chi connectivity index (χ3n) is 14.8. The number of ketones is 1. The second kappa shape index (κ2) is 22.8. The number of benzene rings is 1. The lowest BCUT2D eigenvalue weighted by Crippen LogP contribution is -2.57. The van der Waals surface area contributed by atoms with Crippen LogP contribution in [0.25, 0.3) is 21.5 Å². The summed E-state index contributed by atoms with van der Waals surface area (Å²) in [6.07, 6.45) is 9.40. The van der Waals surface area contributed by atoms with E-state index < -0.39 is 29.5 Å². The Morgan fingerprint density at radius 1 is 0.877 bits per heavy atom. The van der Waals surface area contributed by atoms with E-state index in [-0.39, 0.29) is 66.1 Å². The van der Waals surface area contributed by atoms with E-state index in [1.54, 1.807) is 29.0 Å². The van der Waals surface area contributed by atoms with Crippen LogP contribution in [0, 0.1) is 19.3 Å². The Balaban J connectivity index is 0.767. The molecule has 4 amide bonds. The number of rotatable bonds is 17. The lowest BCUT2D eigenvalue weighted by Gasteiger charge is -2.36. The number of aromatic nitrogens is 5. The van der Waals surface area contributed by atoms with E-state index in [0.29, 0.717) is 75.3 Å². The first-order chi connectivity index (χ1) is 34.9. The number of carbonyl (C=O) groups excluding carboxylic acids is 5. The molecule has 3 fully saturated rings. The van der Waals surface area contributed by atoms with E-state index in [1.807, 2.05) is 87.6 Å². The average molecular weight is 1020 g/mol. The lowest BCUT2D eigenvalue weighted by molar-refractivity contribution is -0.144. The first kappa shape index (κ1) is 52.9. The first-order valence-electron chi connectivity index (χ1n) is 25.9. The number of hydrogen-bond acceptors (Lipinski definition) is 13. The Hall–Kier alpha value is -6.40. The van der Waals surface area contributed by atoms with Crippen LogP contribution >= 0.6 is 11.3 Å². The lowest BCUT2D eigenvalue weighted by atomic mass is 9.85. The number of carbonyl (C=O) groups is 5. The number of piperazine rings is 1. The minimum absolute atomic E-state index is 0.00606. The number of aryl methyl sites for hydroxylation is 2. The van der Waals surface area contributed by atoms with Gasteiger partial charge in [0.25, 0.3) is 5.56 Å². The van der Waals surface area contributed by atoms with Crippen molar-refractivity contribution >= 4 is 57.5 Å². The van der Waals surface area contributed by atoms with Gasteiger partial charge in [-0.25, -0.2) is 15.0 Å². The van der Waals surface area contributed by atoms with Crippen LogP contribution in [0.4, 0.5) is 5.69 Å². The van der Waals surface area contributed by atoms with Crippen molar-refractivity contribution in [2.24, 2.45) is 5.41 Å². The number of nitrogens with one attached hydrogen (secondary N) is 2. The van der Waals surface area contributed by atoms with Gasteiger partial charge in [0.15, 0.2) is 5.78 Å². The molecule has 4 aromatic heterocycles. The fraction of sp³-hybridized carbons (Fsp3) is 0.527. The largest absolute Gasteiger partial charge is 0.391 e. The summed E-state index contributed by atoms with van der Waals surface area (Å²) in [7, 11) is 0. The van der Waals surface area contributed by atoms with Crippen LogP contribution in [0.5, 0.6) is 0 Å². The highest BCUT2D eigenvalue weighted by Gasteiger charge is 2.45. The number of aliphatic hydroxyl groups excluding tert-OH is 1. The highest BCUT2D eigenvalue weighted by Crippen LogP contribution is 2.33. The molecule has 1 aromatic carbocycles. The molecule has 2 saturated heterocycles. The van der Waals surface area contributed by atoms with Gasteiger partial charge in [-0.1, -0.05) is 64.3 Å². The van der Waals surface area contributed by atoms with E-state index in [0.717, 1.165) is 64.1 Å². The summed E-state index contributed by atoms with van der Waals surface area (Å²) in [5, 5.41) is 17.4. The van der Waals surface area contributed by atoms with Crippen LogP contribution < -0.4 is 21.1 Å². The molecule has 0 bridgehead atoms. The number of aliphatic hydroxyl groups is 1. The van der Waals surface area contributed by atoms with Gasteiger partial charge in [-0.2, -0.15) is 0 Å². The summed E-state index contributed by atoms with van der Waals surface area (Å²) in [6.45, 7) is 15.2. The monoisotopic (exact) mass is 1010 g/mol. The van der Waals surface area contributed by atoms with Gasteiger partial charge in [0.05, 0.1) is 52.1 Å². The molecule has 4 atom stereocenters. The zero-order chi connectivity index (χ0) is 52.1. The Morgan fingerprint density at radius 3 is 2.23 bits per heavy atom. The molecule has 2 aliphatic heterocycles. The third-order valence-corrected chi connectivity index (χ3v) is 15.8. The number of hydrogen-bond donors (Lipinski definition) is 3. The van der Waals surface area contributed by atoms with E-state index >= 15 is 0 Å². The van der Waals surface area contributed by atoms with Crippen LogP contribution in [0.3, 0.4) is 0 Å². The second-order valence-corrected chi connectivity index (χ2v) is 22.0. The van der Waals surface area contributed by atoms with Crippen molar-refractivity contribution in [2.45, 2.75) is 149 Å².